The van der Waals surface area contributed by atoms with Gasteiger partial charge in [0.25, 0.3) is 11.8 Å². The van der Waals surface area contributed by atoms with Crippen LogP contribution in [0, 0.1) is 0 Å². The number of H-pyrrole nitrogens is 2. The number of carbonyl (C=O) groups is 7. The molecule has 428 valence electrons. The van der Waals surface area contributed by atoms with E-state index < -0.39 is 11.1 Å². The van der Waals surface area contributed by atoms with E-state index in [0.717, 1.165) is 107 Å². The number of ether oxygens (including phenoxy) is 2. The number of ketones is 3. The lowest BCUT2D eigenvalue weighted by Gasteiger charge is -2.44. The molecule has 2 spiro atoms. The van der Waals surface area contributed by atoms with Crippen LogP contribution in [0.1, 0.15) is 102 Å². The summed E-state index contributed by atoms with van der Waals surface area (Å²) < 4.78 is 10.2. The zero-order valence-corrected chi connectivity index (χ0v) is 48.7. The molecule has 20 nitrogen and oxygen atoms in total. The smallest absolute Gasteiger partial charge is 0.254 e. The van der Waals surface area contributed by atoms with Crippen LogP contribution in [-0.2, 0) is 73.6 Å². The highest BCUT2D eigenvalue weighted by atomic mass is 79.9. The number of carbonyl (C=O) groups excluding carboxylic acids is 7. The van der Waals surface area contributed by atoms with Gasteiger partial charge in [-0.2, -0.15) is 0 Å². The maximum absolute atomic E-state index is 12.6. The number of Topliss-reactive ketones (excluding diaryl/α,β-unsaturated/α-hetero) is 3. The summed E-state index contributed by atoms with van der Waals surface area (Å²) in [4.78, 5) is 99.6. The van der Waals surface area contributed by atoms with E-state index in [1.165, 1.54) is 5.56 Å². The fourth-order valence-electron chi connectivity index (χ4n) is 11.6. The molecule has 3 unspecified atom stereocenters. The van der Waals surface area contributed by atoms with Crippen LogP contribution >= 0.6 is 73.9 Å². The number of fused-ring (bicyclic) bond motifs is 11. The minimum atomic E-state index is -0.923. The molecule has 4 amide bonds. The van der Waals surface area contributed by atoms with E-state index in [2.05, 4.69) is 62.1 Å². The standard InChI is InChI=1S/C16H15Cl2N3O2.C16H14ClN3O2.C9H7BrClNO.C7H10ClNO3.C7H9NO3/c17-6-16(7-22)4-11-13(15(23)21-16)9-2-1-8-5-19-12(18)3-10(8)14(9)20-11;17-12-3-10-8(5-18-12)1-2-9-13-11(19-14(9)10)4-16(6-22-7-16)20-15(13)21;10-7-2-1-5-4-12-8(11)3-6(5)9(7)13;8-3-7(4-10)2-5(11)1-6(12)9-7;9-5-1-6(10)8-7(2-5)3-11-4-7/h3,5,20,22H,1-2,4,6-7H2,(H,21,23);3,5,19H,1-2,4,6-7H2,(H,20,21);3-4,7H,1-2H2;10H,1-4H2,(H,9,12);1-4H2,(H,8,10). The summed E-state index contributed by atoms with van der Waals surface area (Å²) in [7, 11) is 0. The molecule has 0 aromatic carbocycles. The number of aliphatic hydroxyl groups is 2. The van der Waals surface area contributed by atoms with Crippen molar-refractivity contribution in [2.24, 2.45) is 0 Å². The Bertz CT molecular complexity index is 3360. The summed E-state index contributed by atoms with van der Waals surface area (Å²) in [5.74, 6) is -0.500. The van der Waals surface area contributed by atoms with Gasteiger partial charge in [0, 0.05) is 84.1 Å². The lowest BCUT2D eigenvalue weighted by molar-refractivity contribution is -0.148. The SMILES string of the molecule is O=C1CC(=O)NC(CO)(CCl)C1.O=C1CC(=O)NC2(COC2)C1.O=C1NC(CO)(CCl)Cc2[nH]c3c(c21)CCc1cnc(Cl)cc1-3.O=C1NC2(COC2)Cc2[nH]c3c(c21)CCc1cnc(Cl)cc1-3.O=C1c2cc(Cl)ncc2CCC1Br. The molecule has 8 N–H and O–H groups in total. The van der Waals surface area contributed by atoms with Crippen LogP contribution in [0.25, 0.3) is 22.5 Å². The Hall–Kier alpha value is -5.33. The molecule has 0 bridgehead atoms. The first kappa shape index (κ1) is 58.9. The van der Waals surface area contributed by atoms with Crippen molar-refractivity contribution < 1.29 is 53.2 Å². The number of amides is 4. The number of piperidine rings is 2. The zero-order chi connectivity index (χ0) is 57.6. The maximum atomic E-state index is 12.6. The van der Waals surface area contributed by atoms with Gasteiger partial charge in [0.2, 0.25) is 11.8 Å². The molecule has 5 aromatic heterocycles. The van der Waals surface area contributed by atoms with E-state index in [0.29, 0.717) is 65.9 Å². The van der Waals surface area contributed by atoms with Crippen LogP contribution in [-0.4, -0.2) is 154 Å². The first-order valence-corrected chi connectivity index (χ1v) is 29.2. The highest BCUT2D eigenvalue weighted by Crippen LogP contribution is 2.42. The predicted octanol–water partition coefficient (Wildman–Crippen LogP) is 5.27. The zero-order valence-electron chi connectivity index (χ0n) is 43.4. The van der Waals surface area contributed by atoms with E-state index in [1.54, 1.807) is 18.5 Å². The van der Waals surface area contributed by atoms with Crippen LogP contribution in [0.3, 0.4) is 0 Å². The molecule has 3 aliphatic carbocycles. The van der Waals surface area contributed by atoms with Crippen LogP contribution in [0.4, 0.5) is 0 Å². The topological polar surface area (TPSA) is 297 Å². The monoisotopic (exact) mass is 1270 g/mol. The summed E-state index contributed by atoms with van der Waals surface area (Å²) in [6.07, 6.45) is 12.2. The van der Waals surface area contributed by atoms with E-state index in [-0.39, 0.29) is 101 Å². The fourth-order valence-corrected chi connectivity index (χ4v) is 13.0. The van der Waals surface area contributed by atoms with Gasteiger partial charge in [-0.3, -0.25) is 33.6 Å². The normalized spacial score (nSPS) is 23.6. The fraction of sp³-hybridized carbons (Fsp3) is 0.455. The van der Waals surface area contributed by atoms with E-state index in [9.17, 15) is 38.7 Å². The van der Waals surface area contributed by atoms with Crippen LogP contribution in [0.5, 0.6) is 0 Å². The van der Waals surface area contributed by atoms with Crippen molar-refractivity contribution in [3.8, 4) is 22.5 Å². The number of aromatic amines is 2. The van der Waals surface area contributed by atoms with Crippen molar-refractivity contribution in [2.75, 3.05) is 51.4 Å². The average molecular weight is 1280 g/mol. The molecule has 5 aromatic rings. The van der Waals surface area contributed by atoms with Crippen molar-refractivity contribution in [2.45, 2.75) is 104 Å². The van der Waals surface area contributed by atoms with Crippen molar-refractivity contribution in [1.29, 1.82) is 0 Å². The van der Waals surface area contributed by atoms with Gasteiger partial charge in [-0.05, 0) is 84.5 Å². The van der Waals surface area contributed by atoms with Crippen LogP contribution in [0.15, 0.2) is 36.8 Å². The highest BCUT2D eigenvalue weighted by molar-refractivity contribution is 9.10. The molecule has 14 rings (SSSR count). The van der Waals surface area contributed by atoms with Crippen molar-refractivity contribution in [3.05, 3.63) is 108 Å². The van der Waals surface area contributed by atoms with E-state index >= 15 is 0 Å². The van der Waals surface area contributed by atoms with Gasteiger partial charge in [0.1, 0.15) is 27.0 Å². The average Bonchev–Trinajstić information content (AvgIpc) is 4.21. The van der Waals surface area contributed by atoms with Gasteiger partial charge in [0.05, 0.1) is 102 Å². The molecule has 4 saturated heterocycles. The molecule has 0 radical (unpaired) electrons. The minimum absolute atomic E-state index is 0.0191. The number of nitrogens with zero attached hydrogens (tertiary/aromatic N) is 3. The third-order valence-corrected chi connectivity index (χ3v) is 18.3. The number of pyridine rings is 3. The highest BCUT2D eigenvalue weighted by Gasteiger charge is 2.48. The first-order chi connectivity index (χ1) is 38.7. The third-order valence-electron chi connectivity index (χ3n) is 15.7. The molecule has 4 fully saturated rings. The van der Waals surface area contributed by atoms with E-state index in [4.69, 9.17) is 72.6 Å². The Kier molecular flexibility index (Phi) is 17.2. The minimum Gasteiger partial charge on any atom is -0.394 e. The number of hydrogen-bond donors (Lipinski definition) is 8. The summed E-state index contributed by atoms with van der Waals surface area (Å²) in [5.41, 5.74) is 11.3. The second-order valence-electron chi connectivity index (χ2n) is 21.9. The van der Waals surface area contributed by atoms with Crippen LogP contribution in [0.2, 0.25) is 15.5 Å². The molecular weight excluding hydrogens is 1220 g/mol. The Balaban J connectivity index is 0.000000118. The largest absolute Gasteiger partial charge is 0.394 e. The van der Waals surface area contributed by atoms with Gasteiger partial charge in [0.15, 0.2) is 5.78 Å². The van der Waals surface area contributed by atoms with Gasteiger partial charge in [-0.25, -0.2) is 15.0 Å². The molecule has 81 heavy (non-hydrogen) atoms. The lowest BCUT2D eigenvalue weighted by Crippen LogP contribution is -2.65. The lowest BCUT2D eigenvalue weighted by atomic mass is 9.83. The van der Waals surface area contributed by atoms with Crippen molar-refractivity contribution >= 4 is 115 Å². The van der Waals surface area contributed by atoms with Gasteiger partial charge in [-0.15, -0.1) is 23.2 Å². The number of halogens is 6. The molecule has 11 heterocycles. The van der Waals surface area contributed by atoms with Gasteiger partial charge >= 0.3 is 0 Å². The maximum Gasteiger partial charge on any atom is 0.254 e. The summed E-state index contributed by atoms with van der Waals surface area (Å²) in [5, 5.41) is 31.2. The quantitative estimate of drug-likeness (QED) is 0.0647. The summed E-state index contributed by atoms with van der Waals surface area (Å²) in [6.45, 7) is 1.67. The van der Waals surface area contributed by atoms with Crippen molar-refractivity contribution in [3.63, 3.8) is 0 Å². The van der Waals surface area contributed by atoms with Gasteiger partial charge < -0.3 is 50.9 Å². The Labute approximate surface area is 497 Å². The number of aliphatic hydroxyl groups excluding tert-OH is 2. The Morgan fingerprint density at radius 3 is 1.47 bits per heavy atom. The third kappa shape index (κ3) is 12.1. The number of aryl methyl sites for hydroxylation is 3. The predicted molar refractivity (Wildman–Crippen MR) is 303 cm³/mol. The Morgan fingerprint density at radius 2 is 1.00 bits per heavy atom. The van der Waals surface area contributed by atoms with Crippen LogP contribution < -0.4 is 21.3 Å². The number of alkyl halides is 3. The number of hydrogen-bond acceptors (Lipinski definition) is 14. The molecule has 9 aliphatic rings. The van der Waals surface area contributed by atoms with Gasteiger partial charge in [-0.1, -0.05) is 50.7 Å². The van der Waals surface area contributed by atoms with Crippen molar-refractivity contribution in [1.82, 2.24) is 46.2 Å². The molecule has 0 saturated carbocycles. The summed E-state index contributed by atoms with van der Waals surface area (Å²) >= 11 is 32.7. The summed E-state index contributed by atoms with van der Waals surface area (Å²) in [6, 6.07) is 5.36. The number of aromatic nitrogens is 5. The Morgan fingerprint density at radius 1 is 0.556 bits per heavy atom. The van der Waals surface area contributed by atoms with E-state index in [1.807, 2.05) is 18.3 Å². The first-order valence-electron chi connectivity index (χ1n) is 26.1. The number of rotatable bonds is 4. The second kappa shape index (κ2) is 23.7. The molecular formula is C55H55BrCl5N9O11. The number of nitrogens with one attached hydrogen (secondary N) is 6. The molecule has 26 heteroatoms. The molecule has 3 atom stereocenters. The molecule has 6 aliphatic heterocycles. The second-order valence-corrected chi connectivity index (χ2v) is 24.7.